The molecule has 0 amide bonds. The molecule has 2 heterocycles. The molecular formula is C18H26FN3OS. The molecule has 6 heteroatoms. The van der Waals surface area contributed by atoms with Crippen molar-refractivity contribution in [3.8, 4) is 0 Å². The quantitative estimate of drug-likeness (QED) is 0.644. The SMILES string of the molecule is CN=C(NCC1(O)CCSC1)N1CCC(Cc2ccc(F)cc2)C1. The van der Waals surface area contributed by atoms with E-state index < -0.39 is 5.60 Å². The first kappa shape index (κ1) is 17.5. The smallest absolute Gasteiger partial charge is 0.193 e. The van der Waals surface area contributed by atoms with E-state index in [-0.39, 0.29) is 5.82 Å². The maximum Gasteiger partial charge on any atom is 0.193 e. The van der Waals surface area contributed by atoms with E-state index in [1.807, 2.05) is 12.1 Å². The first-order chi connectivity index (χ1) is 11.6. The molecule has 0 saturated carbocycles. The van der Waals surface area contributed by atoms with Crippen molar-refractivity contribution in [3.63, 3.8) is 0 Å². The highest BCUT2D eigenvalue weighted by molar-refractivity contribution is 7.99. The molecule has 2 atom stereocenters. The minimum absolute atomic E-state index is 0.181. The summed E-state index contributed by atoms with van der Waals surface area (Å²) in [7, 11) is 1.79. The highest BCUT2D eigenvalue weighted by Crippen LogP contribution is 2.27. The number of hydrogen-bond donors (Lipinski definition) is 2. The third-order valence-corrected chi connectivity index (χ3v) is 6.13. The number of rotatable bonds is 4. The molecule has 1 aromatic rings. The molecule has 0 radical (unpaired) electrons. The third-order valence-electron chi connectivity index (χ3n) is 4.89. The number of guanidine groups is 1. The van der Waals surface area contributed by atoms with Crippen LogP contribution in [0.15, 0.2) is 29.3 Å². The highest BCUT2D eigenvalue weighted by Gasteiger charge is 2.33. The minimum Gasteiger partial charge on any atom is -0.387 e. The van der Waals surface area contributed by atoms with Crippen molar-refractivity contribution in [2.24, 2.45) is 10.9 Å². The van der Waals surface area contributed by atoms with Gasteiger partial charge in [-0.1, -0.05) is 12.1 Å². The van der Waals surface area contributed by atoms with E-state index in [9.17, 15) is 9.50 Å². The van der Waals surface area contributed by atoms with Crippen LogP contribution in [-0.2, 0) is 6.42 Å². The fourth-order valence-electron chi connectivity index (χ4n) is 3.46. The van der Waals surface area contributed by atoms with E-state index in [0.717, 1.165) is 49.8 Å². The van der Waals surface area contributed by atoms with Gasteiger partial charge in [0.25, 0.3) is 0 Å². The zero-order chi connectivity index (χ0) is 17.0. The maximum atomic E-state index is 13.0. The third kappa shape index (κ3) is 4.42. The average Bonchev–Trinajstić information content (AvgIpc) is 3.20. The van der Waals surface area contributed by atoms with Crippen LogP contribution in [0.5, 0.6) is 0 Å². The van der Waals surface area contributed by atoms with Gasteiger partial charge in [0.2, 0.25) is 0 Å². The van der Waals surface area contributed by atoms with E-state index in [1.54, 1.807) is 18.8 Å². The number of nitrogens with zero attached hydrogens (tertiary/aromatic N) is 2. The van der Waals surface area contributed by atoms with E-state index >= 15 is 0 Å². The van der Waals surface area contributed by atoms with Gasteiger partial charge in [0.1, 0.15) is 5.82 Å². The molecule has 24 heavy (non-hydrogen) atoms. The monoisotopic (exact) mass is 351 g/mol. The molecule has 2 saturated heterocycles. The zero-order valence-electron chi connectivity index (χ0n) is 14.2. The Morgan fingerprint density at radius 2 is 2.25 bits per heavy atom. The molecule has 0 aliphatic carbocycles. The van der Waals surface area contributed by atoms with Gasteiger partial charge in [0, 0.05) is 32.4 Å². The molecule has 0 spiro atoms. The van der Waals surface area contributed by atoms with Crippen LogP contribution in [0.3, 0.4) is 0 Å². The second-order valence-electron chi connectivity index (χ2n) is 6.86. The number of thioether (sulfide) groups is 1. The standard InChI is InChI=1S/C18H26FN3OS/c1-20-17(21-12-18(23)7-9-24-13-18)22-8-6-15(11-22)10-14-2-4-16(19)5-3-14/h2-5,15,23H,6-13H2,1H3,(H,20,21). The molecule has 0 aromatic heterocycles. The molecule has 4 nitrogen and oxygen atoms in total. The van der Waals surface area contributed by atoms with Crippen molar-refractivity contribution in [3.05, 3.63) is 35.6 Å². The van der Waals surface area contributed by atoms with Crippen molar-refractivity contribution in [1.82, 2.24) is 10.2 Å². The Bertz CT molecular complexity index is 572. The van der Waals surface area contributed by atoms with E-state index in [0.29, 0.717) is 12.5 Å². The number of halogens is 1. The largest absolute Gasteiger partial charge is 0.387 e. The van der Waals surface area contributed by atoms with Crippen LogP contribution in [0.2, 0.25) is 0 Å². The predicted molar refractivity (Wildman–Crippen MR) is 98.0 cm³/mol. The molecule has 2 fully saturated rings. The number of benzene rings is 1. The van der Waals surface area contributed by atoms with Crippen molar-refractivity contribution in [1.29, 1.82) is 0 Å². The Morgan fingerprint density at radius 1 is 1.46 bits per heavy atom. The lowest BCUT2D eigenvalue weighted by molar-refractivity contribution is 0.0718. The summed E-state index contributed by atoms with van der Waals surface area (Å²) in [6.45, 7) is 2.48. The number of hydrogen-bond acceptors (Lipinski definition) is 3. The minimum atomic E-state index is -0.603. The lowest BCUT2D eigenvalue weighted by Crippen LogP contribution is -2.48. The summed E-state index contributed by atoms with van der Waals surface area (Å²) in [6.07, 6.45) is 2.92. The van der Waals surface area contributed by atoms with E-state index in [1.165, 1.54) is 17.7 Å². The molecule has 3 rings (SSSR count). The number of nitrogens with one attached hydrogen (secondary N) is 1. The van der Waals surface area contributed by atoms with Crippen molar-refractivity contribution >= 4 is 17.7 Å². The summed E-state index contributed by atoms with van der Waals surface area (Å²) in [5.74, 6) is 3.07. The Hall–Kier alpha value is -1.27. The van der Waals surface area contributed by atoms with Crippen molar-refractivity contribution < 1.29 is 9.50 Å². The summed E-state index contributed by atoms with van der Waals surface area (Å²) < 4.78 is 13.0. The fourth-order valence-corrected chi connectivity index (χ4v) is 4.75. The summed E-state index contributed by atoms with van der Waals surface area (Å²) in [6, 6.07) is 6.81. The first-order valence-electron chi connectivity index (χ1n) is 8.58. The van der Waals surface area contributed by atoms with E-state index in [4.69, 9.17) is 0 Å². The van der Waals surface area contributed by atoms with Crippen LogP contribution in [0.1, 0.15) is 18.4 Å². The van der Waals surface area contributed by atoms with Gasteiger partial charge < -0.3 is 15.3 Å². The molecule has 2 aliphatic rings. The van der Waals surface area contributed by atoms with Gasteiger partial charge in [-0.15, -0.1) is 0 Å². The molecular weight excluding hydrogens is 325 g/mol. The van der Waals surface area contributed by atoms with Gasteiger partial charge >= 0.3 is 0 Å². The summed E-state index contributed by atoms with van der Waals surface area (Å²) in [4.78, 5) is 6.64. The lowest BCUT2D eigenvalue weighted by Gasteiger charge is -2.27. The zero-order valence-corrected chi connectivity index (χ0v) is 15.0. The molecule has 0 bridgehead atoms. The van der Waals surface area contributed by atoms with Gasteiger partial charge in [-0.05, 0) is 48.6 Å². The molecule has 2 N–H and O–H groups in total. The number of aliphatic imine (C=N–C) groups is 1. The van der Waals surface area contributed by atoms with Crippen LogP contribution in [0.4, 0.5) is 4.39 Å². The second-order valence-corrected chi connectivity index (χ2v) is 7.96. The number of aliphatic hydroxyl groups is 1. The molecule has 2 unspecified atom stereocenters. The van der Waals surface area contributed by atoms with Crippen LogP contribution in [0, 0.1) is 11.7 Å². The first-order valence-corrected chi connectivity index (χ1v) is 9.74. The molecule has 2 aliphatic heterocycles. The van der Waals surface area contributed by atoms with Crippen LogP contribution in [0.25, 0.3) is 0 Å². The highest BCUT2D eigenvalue weighted by atomic mass is 32.2. The second kappa shape index (κ2) is 7.74. The Morgan fingerprint density at radius 3 is 2.92 bits per heavy atom. The Kier molecular flexibility index (Phi) is 5.66. The normalized spacial score (nSPS) is 27.7. The topological polar surface area (TPSA) is 47.9 Å². The summed E-state index contributed by atoms with van der Waals surface area (Å²) in [5.41, 5.74) is 0.580. The van der Waals surface area contributed by atoms with Crippen LogP contribution >= 0.6 is 11.8 Å². The molecule has 1 aromatic carbocycles. The van der Waals surface area contributed by atoms with Crippen LogP contribution < -0.4 is 5.32 Å². The number of likely N-dealkylation sites (tertiary alicyclic amines) is 1. The van der Waals surface area contributed by atoms with Crippen LogP contribution in [-0.4, -0.2) is 59.8 Å². The predicted octanol–water partition coefficient (Wildman–Crippen LogP) is 2.13. The average molecular weight is 351 g/mol. The van der Waals surface area contributed by atoms with Crippen molar-refractivity contribution in [2.75, 3.05) is 38.2 Å². The maximum absolute atomic E-state index is 13.0. The van der Waals surface area contributed by atoms with Gasteiger partial charge in [-0.3, -0.25) is 4.99 Å². The Labute approximate surface area is 147 Å². The van der Waals surface area contributed by atoms with Gasteiger partial charge in [-0.2, -0.15) is 11.8 Å². The lowest BCUT2D eigenvalue weighted by atomic mass is 9.99. The van der Waals surface area contributed by atoms with Crippen molar-refractivity contribution in [2.45, 2.75) is 24.9 Å². The van der Waals surface area contributed by atoms with Gasteiger partial charge in [-0.25, -0.2) is 4.39 Å². The molecule has 132 valence electrons. The van der Waals surface area contributed by atoms with Gasteiger partial charge in [0.15, 0.2) is 5.96 Å². The summed E-state index contributed by atoms with van der Waals surface area (Å²) in [5, 5.41) is 13.8. The Balaban J connectivity index is 1.50. The van der Waals surface area contributed by atoms with E-state index in [2.05, 4.69) is 15.2 Å². The van der Waals surface area contributed by atoms with Gasteiger partial charge in [0.05, 0.1) is 5.60 Å². The summed E-state index contributed by atoms with van der Waals surface area (Å²) >= 11 is 1.80. The fraction of sp³-hybridized carbons (Fsp3) is 0.611.